The quantitative estimate of drug-likeness (QED) is 0.297. The van der Waals surface area contributed by atoms with Crippen molar-refractivity contribution in [2.45, 2.75) is 77.5 Å². The predicted molar refractivity (Wildman–Crippen MR) is 162 cm³/mol. The summed E-state index contributed by atoms with van der Waals surface area (Å²) in [5.74, 6) is 2.13. The van der Waals surface area contributed by atoms with Crippen molar-refractivity contribution in [3.05, 3.63) is 52.7 Å². The van der Waals surface area contributed by atoms with Gasteiger partial charge in [0.2, 0.25) is 0 Å². The highest BCUT2D eigenvalue weighted by Crippen LogP contribution is 2.48. The molecule has 1 aromatic carbocycles. The number of aromatic nitrogens is 1. The van der Waals surface area contributed by atoms with E-state index in [1.54, 1.807) is 11.3 Å². The number of carbonyl (C=O) groups is 1. The first-order chi connectivity index (χ1) is 18.9. The molecule has 6 nitrogen and oxygen atoms in total. The molecule has 5 rings (SSSR count). The summed E-state index contributed by atoms with van der Waals surface area (Å²) < 4.78 is 6.79. The number of rotatable bonds is 9. The second-order valence-electron chi connectivity index (χ2n) is 11.6. The fourth-order valence-electron chi connectivity index (χ4n) is 6.87. The Kier molecular flexibility index (Phi) is 8.94. The van der Waals surface area contributed by atoms with Gasteiger partial charge in [0, 0.05) is 10.3 Å². The molecule has 1 aliphatic heterocycles. The smallest absolute Gasteiger partial charge is 0.263 e. The van der Waals surface area contributed by atoms with E-state index in [1.807, 2.05) is 35.7 Å². The van der Waals surface area contributed by atoms with Crippen LogP contribution in [0.2, 0.25) is 0 Å². The molecular weight excluding hydrogens is 525 g/mol. The van der Waals surface area contributed by atoms with Gasteiger partial charge in [-0.1, -0.05) is 51.8 Å². The van der Waals surface area contributed by atoms with Crippen LogP contribution in [0.4, 0.5) is 5.13 Å². The highest BCUT2D eigenvalue weighted by atomic mass is 32.1. The van der Waals surface area contributed by atoms with Crippen molar-refractivity contribution in [2.24, 2.45) is 17.8 Å². The largest absolute Gasteiger partial charge is 0.479 e. The van der Waals surface area contributed by atoms with Gasteiger partial charge in [-0.25, -0.2) is 4.98 Å². The van der Waals surface area contributed by atoms with Gasteiger partial charge in [0.25, 0.3) is 5.91 Å². The summed E-state index contributed by atoms with van der Waals surface area (Å²) in [7, 11) is 0. The Morgan fingerprint density at radius 2 is 1.92 bits per heavy atom. The van der Waals surface area contributed by atoms with Gasteiger partial charge < -0.3 is 15.8 Å². The maximum atomic E-state index is 14.3. The Labute approximate surface area is 241 Å². The minimum absolute atomic E-state index is 0.0166. The fraction of sp³-hybridized carbons (Fsp3) is 0.548. The number of amides is 1. The number of nitrogens with zero attached hydrogens (tertiary/aromatic N) is 2. The van der Waals surface area contributed by atoms with E-state index in [4.69, 9.17) is 10.5 Å². The Morgan fingerprint density at radius 3 is 2.62 bits per heavy atom. The molecule has 1 saturated carbocycles. The molecule has 0 bridgehead atoms. The third-order valence-corrected chi connectivity index (χ3v) is 10.4. The van der Waals surface area contributed by atoms with Gasteiger partial charge in [-0.05, 0) is 80.8 Å². The lowest BCUT2D eigenvalue weighted by Crippen LogP contribution is -2.70. The lowest BCUT2D eigenvalue weighted by molar-refractivity contribution is -0.151. The first-order valence-electron chi connectivity index (χ1n) is 14.4. The van der Waals surface area contributed by atoms with Gasteiger partial charge in [-0.15, -0.1) is 22.7 Å². The van der Waals surface area contributed by atoms with Gasteiger partial charge >= 0.3 is 0 Å². The van der Waals surface area contributed by atoms with E-state index < -0.39 is 6.10 Å². The van der Waals surface area contributed by atoms with E-state index >= 15 is 0 Å². The van der Waals surface area contributed by atoms with E-state index in [0.717, 1.165) is 47.1 Å². The number of hydrogen-bond donors (Lipinski definition) is 2. The summed E-state index contributed by atoms with van der Waals surface area (Å²) in [6.07, 6.45) is 6.34. The minimum atomic E-state index is -0.592. The molecule has 39 heavy (non-hydrogen) atoms. The zero-order valence-corrected chi connectivity index (χ0v) is 25.0. The molecule has 2 aromatic heterocycles. The molecule has 2 fully saturated rings. The van der Waals surface area contributed by atoms with Crippen molar-refractivity contribution in [3.63, 3.8) is 0 Å². The molecule has 1 amide bonds. The molecule has 210 valence electrons. The Bertz CT molecular complexity index is 1220. The number of thiazole rings is 1. The van der Waals surface area contributed by atoms with Gasteiger partial charge in [-0.3, -0.25) is 9.69 Å². The topological polar surface area (TPSA) is 80.5 Å². The summed E-state index contributed by atoms with van der Waals surface area (Å²) in [5.41, 5.74) is 6.39. The fourth-order valence-corrected chi connectivity index (χ4v) is 8.42. The van der Waals surface area contributed by atoms with Crippen LogP contribution in [0.15, 0.2) is 47.8 Å². The molecule has 4 atom stereocenters. The normalized spacial score (nSPS) is 24.9. The van der Waals surface area contributed by atoms with E-state index in [0.29, 0.717) is 29.4 Å². The number of hydrogen-bond acceptors (Lipinski definition) is 7. The molecule has 1 saturated heterocycles. The number of thiophene rings is 1. The number of nitrogen functional groups attached to an aromatic ring is 1. The van der Waals surface area contributed by atoms with Crippen LogP contribution in [-0.4, -0.2) is 40.5 Å². The Morgan fingerprint density at radius 1 is 1.15 bits per heavy atom. The number of likely N-dealkylation sites (tertiary alicyclic amines) is 1. The number of nitrogens with two attached hydrogens (primary N) is 1. The number of piperidine rings is 1. The molecule has 3 N–H and O–H groups in total. The zero-order valence-electron chi connectivity index (χ0n) is 23.4. The molecule has 4 unspecified atom stereocenters. The highest BCUT2D eigenvalue weighted by Gasteiger charge is 2.57. The van der Waals surface area contributed by atoms with Crippen LogP contribution < -0.4 is 15.8 Å². The molecule has 2 aliphatic rings. The van der Waals surface area contributed by atoms with Crippen LogP contribution in [0, 0.1) is 17.8 Å². The van der Waals surface area contributed by atoms with Crippen LogP contribution in [0.1, 0.15) is 64.2 Å². The van der Waals surface area contributed by atoms with E-state index in [9.17, 15) is 4.79 Å². The number of para-hydroxylation sites is 1. The summed E-state index contributed by atoms with van der Waals surface area (Å²) >= 11 is 3.09. The molecular formula is C31H42N4O2S2. The highest BCUT2D eigenvalue weighted by molar-refractivity contribution is 7.16. The lowest BCUT2D eigenvalue weighted by atomic mass is 9.61. The lowest BCUT2D eigenvalue weighted by Gasteiger charge is -2.57. The van der Waals surface area contributed by atoms with Crippen molar-refractivity contribution in [2.75, 3.05) is 18.8 Å². The Hall–Kier alpha value is -2.42. The molecule has 0 spiro atoms. The SMILES string of the molecule is CC1CCC(C(C)C)C(C(Oc2ccccc2)C(=O)NCc2ccc(-c3csc(N)n3)s2)(N2CCCCC2)C1. The summed E-state index contributed by atoms with van der Waals surface area (Å²) in [4.78, 5) is 23.6. The summed E-state index contributed by atoms with van der Waals surface area (Å²) in [6.45, 7) is 9.54. The summed E-state index contributed by atoms with van der Waals surface area (Å²) in [5, 5.41) is 5.85. The van der Waals surface area contributed by atoms with Gasteiger partial charge in [-0.2, -0.15) is 0 Å². The minimum Gasteiger partial charge on any atom is -0.479 e. The summed E-state index contributed by atoms with van der Waals surface area (Å²) in [6, 6.07) is 14.1. The van der Waals surface area contributed by atoms with E-state index in [2.05, 4.69) is 48.1 Å². The zero-order chi connectivity index (χ0) is 27.4. The second kappa shape index (κ2) is 12.4. The number of carbonyl (C=O) groups excluding carboxylic acids is 1. The number of benzene rings is 1. The van der Waals surface area contributed by atoms with Crippen molar-refractivity contribution < 1.29 is 9.53 Å². The molecule has 3 aromatic rings. The predicted octanol–water partition coefficient (Wildman–Crippen LogP) is 6.83. The van der Waals surface area contributed by atoms with Crippen LogP contribution in [0.25, 0.3) is 10.6 Å². The second-order valence-corrected chi connectivity index (χ2v) is 13.7. The third-order valence-electron chi connectivity index (χ3n) is 8.60. The third kappa shape index (κ3) is 6.18. The number of anilines is 1. The molecule has 0 radical (unpaired) electrons. The van der Waals surface area contributed by atoms with Crippen molar-refractivity contribution >= 4 is 33.7 Å². The van der Waals surface area contributed by atoms with E-state index in [1.165, 1.54) is 37.0 Å². The average Bonchev–Trinajstić information content (AvgIpc) is 3.60. The van der Waals surface area contributed by atoms with Gasteiger partial charge in [0.05, 0.1) is 22.7 Å². The van der Waals surface area contributed by atoms with E-state index in [-0.39, 0.29) is 11.4 Å². The Balaban J connectivity index is 1.46. The number of nitrogens with one attached hydrogen (secondary N) is 1. The van der Waals surface area contributed by atoms with Crippen LogP contribution in [-0.2, 0) is 11.3 Å². The molecule has 3 heterocycles. The average molecular weight is 567 g/mol. The molecule has 8 heteroatoms. The van der Waals surface area contributed by atoms with Crippen molar-refractivity contribution in [3.8, 4) is 16.3 Å². The van der Waals surface area contributed by atoms with Gasteiger partial charge in [0.15, 0.2) is 11.2 Å². The number of ether oxygens (including phenoxy) is 1. The maximum absolute atomic E-state index is 14.3. The van der Waals surface area contributed by atoms with Crippen molar-refractivity contribution in [1.82, 2.24) is 15.2 Å². The monoisotopic (exact) mass is 566 g/mol. The van der Waals surface area contributed by atoms with Crippen molar-refractivity contribution in [1.29, 1.82) is 0 Å². The van der Waals surface area contributed by atoms with Crippen LogP contribution in [0.3, 0.4) is 0 Å². The first kappa shape index (κ1) is 28.1. The standard InChI is InChI=1S/C31H42N4O2S2/c1-21(2)25-14-12-22(3)18-31(25,35-16-8-5-9-17-35)28(37-23-10-6-4-7-11-23)29(36)33-19-24-13-15-27(39-24)26-20-38-30(32)34-26/h4,6-7,10-11,13,15,20-22,25,28H,5,8-9,12,14,16-19H2,1-3H3,(H2,32,34)(H,33,36). The first-order valence-corrected chi connectivity index (χ1v) is 16.1. The molecule has 1 aliphatic carbocycles. The maximum Gasteiger partial charge on any atom is 0.263 e. The van der Waals surface area contributed by atoms with Crippen LogP contribution in [0.5, 0.6) is 5.75 Å². The van der Waals surface area contributed by atoms with Gasteiger partial charge in [0.1, 0.15) is 5.75 Å². The van der Waals surface area contributed by atoms with Crippen LogP contribution >= 0.6 is 22.7 Å².